The van der Waals surface area contributed by atoms with Gasteiger partial charge in [-0.15, -0.1) is 0 Å². The Bertz CT molecular complexity index is 214. The molecule has 0 bridgehead atoms. The first-order chi connectivity index (χ1) is 6.66. The van der Waals surface area contributed by atoms with Crippen molar-refractivity contribution in [2.45, 2.75) is 51.6 Å². The molecule has 1 fully saturated rings. The lowest BCUT2D eigenvalue weighted by atomic mass is 9.83. The first kappa shape index (κ1) is 11.4. The fraction of sp³-hybridized carbons (Fsp3) is 0.750. The molecule has 1 atom stereocenters. The van der Waals surface area contributed by atoms with E-state index in [2.05, 4.69) is 6.58 Å². The van der Waals surface area contributed by atoms with Gasteiger partial charge in [0, 0.05) is 11.5 Å². The van der Waals surface area contributed by atoms with E-state index in [1.165, 1.54) is 6.42 Å². The summed E-state index contributed by atoms with van der Waals surface area (Å²) in [5.41, 5.74) is 0.416. The van der Waals surface area contributed by atoms with Crippen molar-refractivity contribution < 1.29 is 9.90 Å². The Morgan fingerprint density at radius 1 is 1.43 bits per heavy atom. The minimum absolute atomic E-state index is 0.0963. The number of Topliss-reactive ketones (excluding diaryl/α,β-unsaturated/α-hetero) is 1. The van der Waals surface area contributed by atoms with E-state index in [0.29, 0.717) is 12.0 Å². The SMILES string of the molecule is C=C(C(=O)C1CCCCC1)C(O)CC. The summed E-state index contributed by atoms with van der Waals surface area (Å²) < 4.78 is 0. The van der Waals surface area contributed by atoms with E-state index in [1.807, 2.05) is 6.92 Å². The molecular weight excluding hydrogens is 176 g/mol. The quantitative estimate of drug-likeness (QED) is 0.701. The second-order valence-corrected chi connectivity index (χ2v) is 4.15. The number of rotatable bonds is 4. The van der Waals surface area contributed by atoms with Crippen molar-refractivity contribution in [3.63, 3.8) is 0 Å². The third-order valence-corrected chi connectivity index (χ3v) is 3.08. The molecule has 0 radical (unpaired) electrons. The van der Waals surface area contributed by atoms with Crippen molar-refractivity contribution in [2.75, 3.05) is 0 Å². The normalized spacial score (nSPS) is 20.4. The highest BCUT2D eigenvalue weighted by atomic mass is 16.3. The fourth-order valence-corrected chi connectivity index (χ4v) is 2.04. The number of aliphatic hydroxyl groups is 1. The molecule has 0 aliphatic heterocycles. The fourth-order valence-electron chi connectivity index (χ4n) is 2.04. The minimum Gasteiger partial charge on any atom is -0.388 e. The van der Waals surface area contributed by atoms with Crippen molar-refractivity contribution in [3.8, 4) is 0 Å². The second kappa shape index (κ2) is 5.30. The summed E-state index contributed by atoms with van der Waals surface area (Å²) in [5, 5.41) is 9.51. The predicted molar refractivity (Wildman–Crippen MR) is 57.0 cm³/mol. The summed E-state index contributed by atoms with van der Waals surface area (Å²) in [6.45, 7) is 5.57. The smallest absolute Gasteiger partial charge is 0.163 e. The van der Waals surface area contributed by atoms with Crippen molar-refractivity contribution in [1.29, 1.82) is 0 Å². The molecule has 0 spiro atoms. The largest absolute Gasteiger partial charge is 0.388 e. The summed E-state index contributed by atoms with van der Waals surface area (Å²) in [6.07, 6.45) is 5.44. The molecule has 0 aromatic heterocycles. The summed E-state index contributed by atoms with van der Waals surface area (Å²) in [4.78, 5) is 11.8. The number of carbonyl (C=O) groups excluding carboxylic acids is 1. The summed E-state index contributed by atoms with van der Waals surface area (Å²) >= 11 is 0. The zero-order chi connectivity index (χ0) is 10.6. The lowest BCUT2D eigenvalue weighted by molar-refractivity contribution is -0.121. The Morgan fingerprint density at radius 3 is 2.50 bits per heavy atom. The van der Waals surface area contributed by atoms with Crippen LogP contribution in [0.2, 0.25) is 0 Å². The lowest BCUT2D eigenvalue weighted by Gasteiger charge is -2.22. The third-order valence-electron chi connectivity index (χ3n) is 3.08. The van der Waals surface area contributed by atoms with Gasteiger partial charge in [0.25, 0.3) is 0 Å². The standard InChI is InChI=1S/C12H20O2/c1-3-11(13)9(2)12(14)10-7-5-4-6-8-10/h10-11,13H,2-8H2,1H3. The summed E-state index contributed by atoms with van der Waals surface area (Å²) in [7, 11) is 0. The van der Waals surface area contributed by atoms with Gasteiger partial charge < -0.3 is 5.11 Å². The van der Waals surface area contributed by atoms with Crippen LogP contribution >= 0.6 is 0 Å². The number of aliphatic hydroxyl groups excluding tert-OH is 1. The first-order valence-corrected chi connectivity index (χ1v) is 5.58. The number of carbonyl (C=O) groups is 1. The van der Waals surface area contributed by atoms with Crippen molar-refractivity contribution >= 4 is 5.78 Å². The van der Waals surface area contributed by atoms with Crippen LogP contribution in [-0.2, 0) is 4.79 Å². The Labute approximate surface area is 86.0 Å². The maximum Gasteiger partial charge on any atom is 0.163 e. The van der Waals surface area contributed by atoms with Crippen LogP contribution in [0.5, 0.6) is 0 Å². The van der Waals surface area contributed by atoms with E-state index in [0.717, 1.165) is 25.7 Å². The molecule has 14 heavy (non-hydrogen) atoms. The molecule has 1 N–H and O–H groups in total. The minimum atomic E-state index is -0.635. The van der Waals surface area contributed by atoms with Crippen LogP contribution in [0, 0.1) is 5.92 Å². The Hall–Kier alpha value is -0.630. The van der Waals surface area contributed by atoms with Crippen molar-refractivity contribution in [1.82, 2.24) is 0 Å². The Morgan fingerprint density at radius 2 is 2.00 bits per heavy atom. The Balaban J connectivity index is 2.50. The van der Waals surface area contributed by atoms with Gasteiger partial charge in [-0.1, -0.05) is 32.8 Å². The van der Waals surface area contributed by atoms with Crippen LogP contribution < -0.4 is 0 Å². The molecule has 1 aliphatic carbocycles. The number of hydrogen-bond donors (Lipinski definition) is 1. The average molecular weight is 196 g/mol. The highest BCUT2D eigenvalue weighted by Gasteiger charge is 2.25. The molecule has 2 heteroatoms. The first-order valence-electron chi connectivity index (χ1n) is 5.58. The predicted octanol–water partition coefficient (Wildman–Crippen LogP) is 2.46. The van der Waals surface area contributed by atoms with E-state index in [1.54, 1.807) is 0 Å². The molecule has 1 saturated carbocycles. The number of ketones is 1. The van der Waals surface area contributed by atoms with Gasteiger partial charge in [0.1, 0.15) is 0 Å². The monoisotopic (exact) mass is 196 g/mol. The van der Waals surface area contributed by atoms with E-state index in [4.69, 9.17) is 0 Å². The van der Waals surface area contributed by atoms with Crippen LogP contribution in [-0.4, -0.2) is 17.0 Å². The van der Waals surface area contributed by atoms with Gasteiger partial charge in [-0.05, 0) is 19.3 Å². The van der Waals surface area contributed by atoms with Crippen LogP contribution in [0.3, 0.4) is 0 Å². The molecule has 0 amide bonds. The molecule has 0 aromatic carbocycles. The van der Waals surface area contributed by atoms with Gasteiger partial charge in [-0.25, -0.2) is 0 Å². The second-order valence-electron chi connectivity index (χ2n) is 4.15. The molecule has 1 aliphatic rings. The molecule has 0 heterocycles. The van der Waals surface area contributed by atoms with Gasteiger partial charge in [0.2, 0.25) is 0 Å². The van der Waals surface area contributed by atoms with E-state index >= 15 is 0 Å². The van der Waals surface area contributed by atoms with Crippen LogP contribution in [0.15, 0.2) is 12.2 Å². The van der Waals surface area contributed by atoms with E-state index in [9.17, 15) is 9.90 Å². The third kappa shape index (κ3) is 2.68. The van der Waals surface area contributed by atoms with Gasteiger partial charge in [0.15, 0.2) is 5.78 Å². The molecule has 80 valence electrons. The van der Waals surface area contributed by atoms with Crippen LogP contribution in [0.1, 0.15) is 45.4 Å². The van der Waals surface area contributed by atoms with E-state index < -0.39 is 6.10 Å². The lowest BCUT2D eigenvalue weighted by Crippen LogP contribution is -2.25. The highest BCUT2D eigenvalue weighted by molar-refractivity contribution is 5.97. The summed E-state index contributed by atoms with van der Waals surface area (Å²) in [6, 6.07) is 0. The van der Waals surface area contributed by atoms with Gasteiger partial charge in [-0.2, -0.15) is 0 Å². The van der Waals surface area contributed by atoms with Gasteiger partial charge in [-0.3, -0.25) is 4.79 Å². The number of hydrogen-bond acceptors (Lipinski definition) is 2. The zero-order valence-corrected chi connectivity index (χ0v) is 8.96. The highest BCUT2D eigenvalue weighted by Crippen LogP contribution is 2.27. The van der Waals surface area contributed by atoms with E-state index in [-0.39, 0.29) is 11.7 Å². The average Bonchev–Trinajstić information content (AvgIpc) is 2.27. The molecule has 1 rings (SSSR count). The summed E-state index contributed by atoms with van der Waals surface area (Å²) in [5.74, 6) is 0.233. The van der Waals surface area contributed by atoms with Crippen LogP contribution in [0.4, 0.5) is 0 Å². The van der Waals surface area contributed by atoms with Gasteiger partial charge in [0.05, 0.1) is 6.10 Å². The maximum atomic E-state index is 11.8. The van der Waals surface area contributed by atoms with Crippen molar-refractivity contribution in [3.05, 3.63) is 12.2 Å². The van der Waals surface area contributed by atoms with Crippen molar-refractivity contribution in [2.24, 2.45) is 5.92 Å². The molecule has 0 saturated heterocycles. The van der Waals surface area contributed by atoms with Gasteiger partial charge >= 0.3 is 0 Å². The Kier molecular flexibility index (Phi) is 4.33. The topological polar surface area (TPSA) is 37.3 Å². The van der Waals surface area contributed by atoms with Crippen LogP contribution in [0.25, 0.3) is 0 Å². The molecule has 1 unspecified atom stereocenters. The maximum absolute atomic E-state index is 11.8. The molecule has 2 nitrogen and oxygen atoms in total. The molecule has 0 aromatic rings. The molecular formula is C12H20O2. The zero-order valence-electron chi connectivity index (χ0n) is 8.96.